The summed E-state index contributed by atoms with van der Waals surface area (Å²) >= 11 is 0. The Kier molecular flexibility index (Phi) is 7.37. The lowest BCUT2D eigenvalue weighted by atomic mass is 9.79. The zero-order chi connectivity index (χ0) is 26.2. The number of nitrogens with one attached hydrogen (secondary N) is 1. The van der Waals surface area contributed by atoms with E-state index < -0.39 is 16.1 Å². The van der Waals surface area contributed by atoms with Crippen molar-refractivity contribution in [2.45, 2.75) is 50.2 Å². The van der Waals surface area contributed by atoms with E-state index in [0.29, 0.717) is 43.8 Å². The molecule has 0 unspecified atom stereocenters. The molecule has 2 fully saturated rings. The number of nitrogens with zero attached hydrogens (tertiary/aromatic N) is 5. The molecule has 1 amide bonds. The molecule has 1 saturated heterocycles. The number of fused-ring (bicyclic) bond motifs is 1. The highest BCUT2D eigenvalue weighted by Gasteiger charge is 2.36. The number of sulfonamides is 1. The van der Waals surface area contributed by atoms with Crippen molar-refractivity contribution in [3.05, 3.63) is 48.2 Å². The summed E-state index contributed by atoms with van der Waals surface area (Å²) in [5.41, 5.74) is 2.51. The van der Waals surface area contributed by atoms with Crippen molar-refractivity contribution in [2.24, 2.45) is 20.0 Å². The van der Waals surface area contributed by atoms with E-state index in [2.05, 4.69) is 33.0 Å². The molecule has 2 atom stereocenters. The van der Waals surface area contributed by atoms with Gasteiger partial charge in [0.2, 0.25) is 10.0 Å². The summed E-state index contributed by atoms with van der Waals surface area (Å²) in [5.74, 6) is 1.15. The topological polar surface area (TPSA) is 111 Å². The molecule has 11 heteroatoms. The van der Waals surface area contributed by atoms with Crippen LogP contribution in [0.3, 0.4) is 0 Å². The Bertz CT molecular complexity index is 1360. The predicted octanol–water partition coefficient (Wildman–Crippen LogP) is 2.43. The number of rotatable bonds is 7. The Morgan fingerprint density at radius 3 is 2.65 bits per heavy atom. The van der Waals surface area contributed by atoms with Crippen LogP contribution in [0, 0.1) is 5.92 Å². The van der Waals surface area contributed by atoms with Crippen molar-refractivity contribution in [1.29, 1.82) is 0 Å². The molecule has 1 aromatic carbocycles. The number of imidazole rings is 1. The van der Waals surface area contributed by atoms with E-state index in [4.69, 9.17) is 4.74 Å². The summed E-state index contributed by atoms with van der Waals surface area (Å²) in [4.78, 5) is 18.9. The average Bonchev–Trinajstić information content (AvgIpc) is 3.47. The maximum absolute atomic E-state index is 13.0. The molecule has 1 aliphatic carbocycles. The van der Waals surface area contributed by atoms with Gasteiger partial charge in [0, 0.05) is 51.6 Å². The quantitative estimate of drug-likeness (QED) is 0.504. The maximum Gasteiger partial charge on any atom is 0.289 e. The van der Waals surface area contributed by atoms with Gasteiger partial charge < -0.3 is 14.2 Å². The van der Waals surface area contributed by atoms with Crippen LogP contribution in [0.15, 0.2) is 36.8 Å². The van der Waals surface area contributed by atoms with Gasteiger partial charge in [-0.15, -0.1) is 0 Å². The highest BCUT2D eigenvalue weighted by atomic mass is 32.2. The van der Waals surface area contributed by atoms with Gasteiger partial charge in [0.05, 0.1) is 30.1 Å². The number of amides is 1. The van der Waals surface area contributed by atoms with Crippen molar-refractivity contribution >= 4 is 26.8 Å². The summed E-state index contributed by atoms with van der Waals surface area (Å²) in [6, 6.07) is 6.29. The van der Waals surface area contributed by atoms with Gasteiger partial charge in [-0.25, -0.2) is 18.1 Å². The van der Waals surface area contributed by atoms with Crippen LogP contribution in [0.5, 0.6) is 0 Å². The van der Waals surface area contributed by atoms with Crippen LogP contribution in [-0.4, -0.2) is 76.7 Å². The summed E-state index contributed by atoms with van der Waals surface area (Å²) in [5, 5.41) is 5.53. The van der Waals surface area contributed by atoms with E-state index in [0.717, 1.165) is 31.2 Å². The lowest BCUT2D eigenvalue weighted by Gasteiger charge is -2.39. The fraction of sp³-hybridized carbons (Fsp3) is 0.577. The molecule has 3 heterocycles. The van der Waals surface area contributed by atoms with Gasteiger partial charge in [0.25, 0.3) is 5.91 Å². The molecule has 0 spiro atoms. The number of hydrogen-bond acceptors (Lipinski definition) is 6. The molecule has 0 bridgehead atoms. The van der Waals surface area contributed by atoms with E-state index in [1.54, 1.807) is 28.9 Å². The largest absolute Gasteiger partial charge is 0.374 e. The fourth-order valence-electron chi connectivity index (χ4n) is 5.75. The zero-order valence-corrected chi connectivity index (χ0v) is 22.5. The van der Waals surface area contributed by atoms with Gasteiger partial charge in [0.15, 0.2) is 5.82 Å². The summed E-state index contributed by atoms with van der Waals surface area (Å²) in [7, 11) is 0.355. The molecule has 5 rings (SSSR count). The zero-order valence-electron chi connectivity index (χ0n) is 21.7. The molecule has 37 heavy (non-hydrogen) atoms. The molecular weight excluding hydrogens is 492 g/mol. The number of likely N-dealkylation sites (tertiary alicyclic amines) is 1. The first-order chi connectivity index (χ1) is 17.7. The monoisotopic (exact) mass is 528 g/mol. The van der Waals surface area contributed by atoms with Gasteiger partial charge in [-0.05, 0) is 61.6 Å². The minimum atomic E-state index is -3.40. The second-order valence-electron chi connectivity index (χ2n) is 10.6. The van der Waals surface area contributed by atoms with Crippen LogP contribution in [0.1, 0.15) is 54.2 Å². The smallest absolute Gasteiger partial charge is 0.289 e. The van der Waals surface area contributed by atoms with Gasteiger partial charge in [0.1, 0.15) is 0 Å². The van der Waals surface area contributed by atoms with Crippen LogP contribution in [0.4, 0.5) is 0 Å². The molecule has 1 saturated carbocycles. The number of carbonyl (C=O) groups is 1. The van der Waals surface area contributed by atoms with Gasteiger partial charge in [-0.1, -0.05) is 6.07 Å². The Morgan fingerprint density at radius 2 is 1.95 bits per heavy atom. The standard InChI is InChI=1S/C26H36N6O4S/c1-30-13-11-27-25(30)26(33)32-12-10-22(29-37(3,34)35)24(16-32)36-17-18-4-6-19(7-5-18)20-8-9-23-21(14-20)15-28-31(23)2/h8-9,11,13-15,18-19,22,24,29H,4-7,10,12,16-17H2,1-3H3/t18?,19?,22-,24+/m0/s1. The van der Waals surface area contributed by atoms with Gasteiger partial charge in [-0.3, -0.25) is 9.48 Å². The third-order valence-corrected chi connectivity index (χ3v) is 8.59. The number of ether oxygens (including phenoxy) is 1. The van der Waals surface area contributed by atoms with Gasteiger partial charge >= 0.3 is 0 Å². The third kappa shape index (κ3) is 5.89. The predicted molar refractivity (Wildman–Crippen MR) is 141 cm³/mol. The summed E-state index contributed by atoms with van der Waals surface area (Å²) < 4.78 is 36.6. The highest BCUT2D eigenvalue weighted by Crippen LogP contribution is 2.37. The number of aryl methyl sites for hydroxylation is 2. The van der Waals surface area contributed by atoms with Crippen molar-refractivity contribution < 1.29 is 17.9 Å². The first kappa shape index (κ1) is 25.9. The number of benzene rings is 1. The first-order valence-corrected chi connectivity index (χ1v) is 14.8. The molecule has 1 N–H and O–H groups in total. The van der Waals surface area contributed by atoms with E-state index >= 15 is 0 Å². The molecule has 200 valence electrons. The first-order valence-electron chi connectivity index (χ1n) is 12.9. The molecule has 10 nitrogen and oxygen atoms in total. The average molecular weight is 529 g/mol. The van der Waals surface area contributed by atoms with E-state index in [9.17, 15) is 13.2 Å². The highest BCUT2D eigenvalue weighted by molar-refractivity contribution is 7.88. The molecule has 3 aromatic rings. The van der Waals surface area contributed by atoms with Crippen molar-refractivity contribution in [2.75, 3.05) is 26.0 Å². The summed E-state index contributed by atoms with van der Waals surface area (Å²) in [6.45, 7) is 1.34. The SMILES string of the molecule is Cn1ccnc1C(=O)N1CC[C@H](NS(C)(=O)=O)[C@H](OCC2CCC(c3ccc4c(cnn4C)c3)CC2)C1. The van der Waals surface area contributed by atoms with Crippen LogP contribution in [0.2, 0.25) is 0 Å². The third-order valence-electron chi connectivity index (χ3n) is 7.86. The van der Waals surface area contributed by atoms with Crippen LogP contribution < -0.4 is 4.72 Å². The fourth-order valence-corrected chi connectivity index (χ4v) is 6.57. The maximum atomic E-state index is 13.0. The number of carbonyl (C=O) groups excluding carboxylic acids is 1. The Balaban J connectivity index is 1.19. The molecule has 0 radical (unpaired) electrons. The van der Waals surface area contributed by atoms with E-state index in [1.807, 2.05) is 17.9 Å². The molecule has 1 aliphatic heterocycles. The Labute approximate surface area is 218 Å². The van der Waals surface area contributed by atoms with Crippen LogP contribution in [0.25, 0.3) is 10.9 Å². The minimum Gasteiger partial charge on any atom is -0.374 e. The van der Waals surface area contributed by atoms with Crippen LogP contribution in [-0.2, 0) is 28.9 Å². The molecule has 2 aromatic heterocycles. The lowest BCUT2D eigenvalue weighted by Crippen LogP contribution is -2.56. The van der Waals surface area contributed by atoms with Crippen molar-refractivity contribution in [1.82, 2.24) is 29.0 Å². The van der Waals surface area contributed by atoms with Crippen molar-refractivity contribution in [3.8, 4) is 0 Å². The van der Waals surface area contributed by atoms with Crippen molar-refractivity contribution in [3.63, 3.8) is 0 Å². The number of piperidine rings is 1. The molecular formula is C26H36N6O4S. The van der Waals surface area contributed by atoms with Crippen LogP contribution >= 0.6 is 0 Å². The second kappa shape index (κ2) is 10.5. The summed E-state index contributed by atoms with van der Waals surface area (Å²) in [6.07, 6.45) is 10.8. The van der Waals surface area contributed by atoms with E-state index in [1.165, 1.54) is 17.2 Å². The minimum absolute atomic E-state index is 0.162. The lowest BCUT2D eigenvalue weighted by molar-refractivity contribution is -0.0314. The van der Waals surface area contributed by atoms with E-state index in [-0.39, 0.29) is 11.9 Å². The number of hydrogen-bond donors (Lipinski definition) is 1. The second-order valence-corrected chi connectivity index (χ2v) is 12.4. The normalized spacial score (nSPS) is 25.0. The molecule has 2 aliphatic rings. The Morgan fingerprint density at radius 1 is 1.16 bits per heavy atom. The Hall–Kier alpha value is -2.76. The van der Waals surface area contributed by atoms with Gasteiger partial charge in [-0.2, -0.15) is 5.10 Å². The number of aromatic nitrogens is 4.